The standard InChI is InChI=1S/C14H24N2O2/c1-11(17)15-13-6-9-16(10-7-13)8-5-12-3-2-4-14(12)18/h12-13H,2-10H2,1H3,(H,15,17). The van der Waals surface area contributed by atoms with Crippen LogP contribution in [0.25, 0.3) is 0 Å². The van der Waals surface area contributed by atoms with Gasteiger partial charge in [-0.25, -0.2) is 0 Å². The van der Waals surface area contributed by atoms with Gasteiger partial charge in [0.25, 0.3) is 0 Å². The second kappa shape index (κ2) is 6.32. The van der Waals surface area contributed by atoms with Crippen LogP contribution in [0.5, 0.6) is 0 Å². The Hall–Kier alpha value is -0.900. The van der Waals surface area contributed by atoms with Crippen molar-refractivity contribution in [2.24, 2.45) is 5.92 Å². The highest BCUT2D eigenvalue weighted by atomic mass is 16.1. The fourth-order valence-electron chi connectivity index (χ4n) is 3.12. The molecule has 1 aliphatic heterocycles. The van der Waals surface area contributed by atoms with E-state index < -0.39 is 0 Å². The molecule has 4 heteroatoms. The zero-order valence-corrected chi connectivity index (χ0v) is 11.3. The third-order valence-electron chi connectivity index (χ3n) is 4.22. The van der Waals surface area contributed by atoms with Crippen LogP contribution in [0.4, 0.5) is 0 Å². The van der Waals surface area contributed by atoms with Crippen molar-refractivity contribution in [1.82, 2.24) is 10.2 Å². The van der Waals surface area contributed by atoms with Crippen LogP contribution in [0, 0.1) is 5.92 Å². The minimum absolute atomic E-state index is 0.0741. The molecule has 2 rings (SSSR count). The lowest BCUT2D eigenvalue weighted by molar-refractivity contribution is -0.121. The van der Waals surface area contributed by atoms with E-state index in [4.69, 9.17) is 0 Å². The SMILES string of the molecule is CC(=O)NC1CCN(CCC2CCCC2=O)CC1. The highest BCUT2D eigenvalue weighted by Gasteiger charge is 2.26. The third-order valence-corrected chi connectivity index (χ3v) is 4.22. The number of rotatable bonds is 4. The Morgan fingerprint density at radius 3 is 2.61 bits per heavy atom. The van der Waals surface area contributed by atoms with E-state index in [1.807, 2.05) is 0 Å². The van der Waals surface area contributed by atoms with Gasteiger partial charge in [0.05, 0.1) is 0 Å². The van der Waals surface area contributed by atoms with Crippen LogP contribution in [0.1, 0.15) is 45.4 Å². The van der Waals surface area contributed by atoms with E-state index >= 15 is 0 Å². The van der Waals surface area contributed by atoms with Crippen molar-refractivity contribution in [1.29, 1.82) is 0 Å². The number of likely N-dealkylation sites (tertiary alicyclic amines) is 1. The van der Waals surface area contributed by atoms with Gasteiger partial charge in [0, 0.05) is 38.4 Å². The van der Waals surface area contributed by atoms with Gasteiger partial charge in [-0.05, 0) is 38.6 Å². The summed E-state index contributed by atoms with van der Waals surface area (Å²) in [4.78, 5) is 25.0. The number of piperidine rings is 1. The van der Waals surface area contributed by atoms with Crippen molar-refractivity contribution in [3.63, 3.8) is 0 Å². The molecule has 0 spiro atoms. The molecule has 1 heterocycles. The van der Waals surface area contributed by atoms with Crippen LogP contribution >= 0.6 is 0 Å². The second-order valence-corrected chi connectivity index (χ2v) is 5.66. The predicted molar refractivity (Wildman–Crippen MR) is 70.2 cm³/mol. The first-order chi connectivity index (χ1) is 8.65. The summed E-state index contributed by atoms with van der Waals surface area (Å²) in [5, 5.41) is 2.99. The number of Topliss-reactive ketones (excluding diaryl/α,β-unsaturated/α-hetero) is 1. The number of ketones is 1. The molecule has 1 amide bonds. The maximum Gasteiger partial charge on any atom is 0.217 e. The molecular weight excluding hydrogens is 228 g/mol. The maximum absolute atomic E-state index is 11.6. The first-order valence-corrected chi connectivity index (χ1v) is 7.17. The highest BCUT2D eigenvalue weighted by molar-refractivity contribution is 5.82. The Labute approximate surface area is 109 Å². The minimum atomic E-state index is 0.0741. The quantitative estimate of drug-likeness (QED) is 0.821. The van der Waals surface area contributed by atoms with Gasteiger partial charge in [0.1, 0.15) is 5.78 Å². The molecule has 18 heavy (non-hydrogen) atoms. The average Bonchev–Trinajstić information content (AvgIpc) is 2.73. The molecule has 0 aromatic heterocycles. The maximum atomic E-state index is 11.6. The number of nitrogens with zero attached hydrogens (tertiary/aromatic N) is 1. The molecule has 2 fully saturated rings. The molecule has 4 nitrogen and oxygen atoms in total. The van der Waals surface area contributed by atoms with Crippen LogP contribution in [0.15, 0.2) is 0 Å². The Balaban J connectivity index is 1.64. The van der Waals surface area contributed by atoms with Crippen molar-refractivity contribution in [3.8, 4) is 0 Å². The number of nitrogens with one attached hydrogen (secondary N) is 1. The van der Waals surface area contributed by atoms with Gasteiger partial charge in [-0.3, -0.25) is 9.59 Å². The van der Waals surface area contributed by atoms with Crippen LogP contribution in [0.3, 0.4) is 0 Å². The zero-order valence-electron chi connectivity index (χ0n) is 11.3. The summed E-state index contributed by atoms with van der Waals surface area (Å²) in [6.07, 6.45) is 6.10. The number of amides is 1. The highest BCUT2D eigenvalue weighted by Crippen LogP contribution is 2.25. The van der Waals surface area contributed by atoms with Gasteiger partial charge < -0.3 is 10.2 Å². The van der Waals surface area contributed by atoms with Crippen LogP contribution in [-0.2, 0) is 9.59 Å². The number of carbonyl (C=O) groups excluding carboxylic acids is 2. The van der Waals surface area contributed by atoms with Crippen LogP contribution < -0.4 is 5.32 Å². The lowest BCUT2D eigenvalue weighted by Gasteiger charge is -2.32. The smallest absolute Gasteiger partial charge is 0.217 e. The van der Waals surface area contributed by atoms with Gasteiger partial charge in [-0.15, -0.1) is 0 Å². The van der Waals surface area contributed by atoms with E-state index in [1.54, 1.807) is 6.92 Å². The average molecular weight is 252 g/mol. The summed E-state index contributed by atoms with van der Waals surface area (Å²) in [6, 6.07) is 0.354. The van der Waals surface area contributed by atoms with E-state index in [1.165, 1.54) is 0 Å². The molecular formula is C14H24N2O2. The molecule has 2 aliphatic rings. The number of hydrogen-bond donors (Lipinski definition) is 1. The normalized spacial score (nSPS) is 26.5. The Morgan fingerprint density at radius 2 is 2.06 bits per heavy atom. The molecule has 0 aromatic carbocycles. The summed E-state index contributed by atoms with van der Waals surface area (Å²) < 4.78 is 0. The monoisotopic (exact) mass is 252 g/mol. The van der Waals surface area contributed by atoms with E-state index in [9.17, 15) is 9.59 Å². The Kier molecular flexibility index (Phi) is 4.75. The molecule has 1 aliphatic carbocycles. The van der Waals surface area contributed by atoms with Gasteiger partial charge in [0.2, 0.25) is 5.91 Å². The van der Waals surface area contributed by atoms with Crippen LogP contribution in [-0.4, -0.2) is 42.3 Å². The summed E-state index contributed by atoms with van der Waals surface area (Å²) in [7, 11) is 0. The molecule has 102 valence electrons. The molecule has 1 unspecified atom stereocenters. The van der Waals surface area contributed by atoms with E-state index in [-0.39, 0.29) is 5.91 Å². The van der Waals surface area contributed by atoms with Gasteiger partial charge >= 0.3 is 0 Å². The summed E-state index contributed by atoms with van der Waals surface area (Å²) in [5.74, 6) is 0.881. The summed E-state index contributed by atoms with van der Waals surface area (Å²) in [5.41, 5.74) is 0. The number of hydrogen-bond acceptors (Lipinski definition) is 3. The molecule has 0 aromatic rings. The number of carbonyl (C=O) groups is 2. The fraction of sp³-hybridized carbons (Fsp3) is 0.857. The third kappa shape index (κ3) is 3.80. The van der Waals surface area contributed by atoms with Crippen molar-refractivity contribution >= 4 is 11.7 Å². The second-order valence-electron chi connectivity index (χ2n) is 5.66. The van der Waals surface area contributed by atoms with Crippen LogP contribution in [0.2, 0.25) is 0 Å². The Morgan fingerprint density at radius 1 is 1.33 bits per heavy atom. The molecule has 0 radical (unpaired) electrons. The van der Waals surface area contributed by atoms with Crippen molar-refractivity contribution < 1.29 is 9.59 Å². The summed E-state index contributed by atoms with van der Waals surface area (Å²) in [6.45, 7) is 4.72. The van der Waals surface area contributed by atoms with E-state index in [0.29, 0.717) is 17.7 Å². The molecule has 1 saturated carbocycles. The first kappa shape index (κ1) is 13.5. The predicted octanol–water partition coefficient (Wildman–Crippen LogP) is 1.35. The van der Waals surface area contributed by atoms with Crippen molar-refractivity contribution in [2.45, 2.75) is 51.5 Å². The lowest BCUT2D eigenvalue weighted by atomic mass is 10.0. The van der Waals surface area contributed by atoms with Crippen molar-refractivity contribution in [3.05, 3.63) is 0 Å². The molecule has 1 saturated heterocycles. The van der Waals surface area contributed by atoms with Gasteiger partial charge in [-0.1, -0.05) is 0 Å². The lowest BCUT2D eigenvalue weighted by Crippen LogP contribution is -2.44. The summed E-state index contributed by atoms with van der Waals surface area (Å²) >= 11 is 0. The fourth-order valence-corrected chi connectivity index (χ4v) is 3.12. The van der Waals surface area contributed by atoms with Gasteiger partial charge in [-0.2, -0.15) is 0 Å². The van der Waals surface area contributed by atoms with E-state index in [2.05, 4.69) is 10.2 Å². The van der Waals surface area contributed by atoms with Gasteiger partial charge in [0.15, 0.2) is 0 Å². The Bertz CT molecular complexity index is 309. The van der Waals surface area contributed by atoms with Crippen molar-refractivity contribution in [2.75, 3.05) is 19.6 Å². The zero-order chi connectivity index (χ0) is 13.0. The van der Waals surface area contributed by atoms with E-state index in [0.717, 1.165) is 58.2 Å². The molecule has 0 bridgehead atoms. The molecule has 1 atom stereocenters. The molecule has 1 N–H and O–H groups in total. The first-order valence-electron chi connectivity index (χ1n) is 7.17. The minimum Gasteiger partial charge on any atom is -0.354 e. The largest absolute Gasteiger partial charge is 0.354 e. The topological polar surface area (TPSA) is 49.4 Å².